The summed E-state index contributed by atoms with van der Waals surface area (Å²) in [6.45, 7) is -2.40. The number of phosphoric ester groups is 1. The molecule has 0 saturated heterocycles. The molecule has 0 unspecified atom stereocenters. The van der Waals surface area contributed by atoms with Crippen molar-refractivity contribution in [3.05, 3.63) is 0 Å². The molecule has 4 nitrogen and oxygen atoms in total. The van der Waals surface area contributed by atoms with Crippen molar-refractivity contribution in [2.45, 2.75) is 12.1 Å². The fraction of sp³-hybridized carbons (Fsp3) is 1.00. The largest absolute Gasteiger partial charge is 0.469 e. The summed E-state index contributed by atoms with van der Waals surface area (Å²) in [6, 6.07) is 0. The highest BCUT2D eigenvalue weighted by Crippen LogP contribution is 2.42. The van der Waals surface area contributed by atoms with E-state index in [9.17, 15) is 26.5 Å². The predicted octanol–water partition coefficient (Wildman–Crippen LogP) is 1.29. The van der Waals surface area contributed by atoms with Crippen molar-refractivity contribution in [1.29, 1.82) is 0 Å². The van der Waals surface area contributed by atoms with Gasteiger partial charge >= 0.3 is 19.9 Å². The highest BCUT2D eigenvalue weighted by atomic mass is 31.2. The van der Waals surface area contributed by atoms with Gasteiger partial charge in [0.25, 0.3) is 0 Å². The maximum absolute atomic E-state index is 11.9. The third kappa shape index (κ3) is 4.51. The summed E-state index contributed by atoms with van der Waals surface area (Å²) < 4.78 is 70.5. The first kappa shape index (κ1) is 12.8. The molecular formula is C3H4F5O4P. The topological polar surface area (TPSA) is 66.8 Å². The van der Waals surface area contributed by atoms with Crippen LogP contribution in [0.15, 0.2) is 0 Å². The van der Waals surface area contributed by atoms with E-state index in [-0.39, 0.29) is 0 Å². The van der Waals surface area contributed by atoms with E-state index < -0.39 is 26.5 Å². The Bertz CT molecular complexity index is 218. The molecule has 0 aromatic heterocycles. The van der Waals surface area contributed by atoms with Gasteiger partial charge in [0.2, 0.25) is 0 Å². The van der Waals surface area contributed by atoms with Crippen LogP contribution < -0.4 is 0 Å². The van der Waals surface area contributed by atoms with Crippen molar-refractivity contribution in [3.8, 4) is 0 Å². The summed E-state index contributed by atoms with van der Waals surface area (Å²) in [6.07, 6.45) is -5.89. The lowest BCUT2D eigenvalue weighted by Crippen LogP contribution is -2.40. The van der Waals surface area contributed by atoms with E-state index in [0.717, 1.165) is 0 Å². The lowest BCUT2D eigenvalue weighted by atomic mass is 10.3. The van der Waals surface area contributed by atoms with Gasteiger partial charge in [0.05, 0.1) is 0 Å². The van der Waals surface area contributed by atoms with Gasteiger partial charge in [0.15, 0.2) is 0 Å². The number of halogens is 5. The third-order valence-corrected chi connectivity index (χ3v) is 1.29. The second-order valence-corrected chi connectivity index (χ2v) is 3.21. The molecule has 10 heteroatoms. The van der Waals surface area contributed by atoms with E-state index in [4.69, 9.17) is 9.79 Å². The molecule has 13 heavy (non-hydrogen) atoms. The SMILES string of the molecule is O=P(O)(O)OCC(F)(F)C(F)(F)F. The molecule has 0 aliphatic rings. The second-order valence-electron chi connectivity index (χ2n) is 1.97. The van der Waals surface area contributed by atoms with Crippen LogP contribution in [-0.2, 0) is 9.09 Å². The maximum Gasteiger partial charge on any atom is 0.469 e. The predicted molar refractivity (Wildman–Crippen MR) is 29.0 cm³/mol. The molecule has 80 valence electrons. The van der Waals surface area contributed by atoms with Crippen LogP contribution in [0.1, 0.15) is 0 Å². The normalized spacial score (nSPS) is 14.7. The Balaban J connectivity index is 4.29. The van der Waals surface area contributed by atoms with Crippen molar-refractivity contribution in [2.24, 2.45) is 0 Å². The molecule has 0 bridgehead atoms. The van der Waals surface area contributed by atoms with Gasteiger partial charge < -0.3 is 9.79 Å². The monoisotopic (exact) mass is 230 g/mol. The van der Waals surface area contributed by atoms with Gasteiger partial charge in [-0.3, -0.25) is 4.52 Å². The minimum absolute atomic E-state index is 2.40. The van der Waals surface area contributed by atoms with Crippen LogP contribution in [-0.4, -0.2) is 28.5 Å². The van der Waals surface area contributed by atoms with E-state index in [2.05, 4.69) is 4.52 Å². The Labute approximate surface area is 68.5 Å². The van der Waals surface area contributed by atoms with Crippen molar-refractivity contribution in [3.63, 3.8) is 0 Å². The van der Waals surface area contributed by atoms with Crippen molar-refractivity contribution >= 4 is 7.82 Å². The van der Waals surface area contributed by atoms with Crippen molar-refractivity contribution in [2.75, 3.05) is 6.61 Å². The van der Waals surface area contributed by atoms with Crippen LogP contribution >= 0.6 is 7.82 Å². The average Bonchev–Trinajstić information content (AvgIpc) is 1.79. The molecular weight excluding hydrogens is 226 g/mol. The van der Waals surface area contributed by atoms with E-state index in [1.807, 2.05) is 0 Å². The highest BCUT2D eigenvalue weighted by molar-refractivity contribution is 7.46. The third-order valence-electron chi connectivity index (χ3n) is 0.829. The molecule has 0 rings (SSSR count). The standard InChI is InChI=1S/C3H4F5O4P/c4-2(5,3(6,7)8)1-12-13(9,10)11/h1H2,(H2,9,10,11). The Morgan fingerprint density at radius 1 is 1.15 bits per heavy atom. The molecule has 0 amide bonds. The van der Waals surface area contributed by atoms with Gasteiger partial charge in [-0.2, -0.15) is 22.0 Å². The van der Waals surface area contributed by atoms with Gasteiger partial charge in [0, 0.05) is 0 Å². The summed E-state index contributed by atoms with van der Waals surface area (Å²) >= 11 is 0. The fourth-order valence-corrected chi connectivity index (χ4v) is 0.577. The lowest BCUT2D eigenvalue weighted by molar-refractivity contribution is -0.290. The molecule has 0 fully saturated rings. The lowest BCUT2D eigenvalue weighted by Gasteiger charge is -2.19. The van der Waals surface area contributed by atoms with Crippen LogP contribution in [0.5, 0.6) is 0 Å². The van der Waals surface area contributed by atoms with Crippen LogP contribution in [0.25, 0.3) is 0 Å². The molecule has 0 aliphatic heterocycles. The summed E-state index contributed by atoms with van der Waals surface area (Å²) in [5.74, 6) is -5.27. The molecule has 0 atom stereocenters. The zero-order valence-electron chi connectivity index (χ0n) is 5.76. The molecule has 0 spiro atoms. The van der Waals surface area contributed by atoms with E-state index in [0.29, 0.717) is 0 Å². The van der Waals surface area contributed by atoms with E-state index in [1.54, 1.807) is 0 Å². The van der Waals surface area contributed by atoms with Gasteiger partial charge in [-0.25, -0.2) is 4.57 Å². The minimum Gasteiger partial charge on any atom is -0.303 e. The Morgan fingerprint density at radius 2 is 1.54 bits per heavy atom. The first-order valence-electron chi connectivity index (χ1n) is 2.60. The minimum atomic E-state index is -5.89. The number of alkyl halides is 5. The first-order valence-corrected chi connectivity index (χ1v) is 4.13. The fourth-order valence-electron chi connectivity index (χ4n) is 0.247. The summed E-state index contributed by atoms with van der Waals surface area (Å²) in [4.78, 5) is 15.7. The first-order chi connectivity index (χ1) is 5.46. The zero-order valence-corrected chi connectivity index (χ0v) is 6.65. The molecule has 0 aromatic rings. The van der Waals surface area contributed by atoms with Crippen LogP contribution in [0.3, 0.4) is 0 Å². The van der Waals surface area contributed by atoms with E-state index >= 15 is 0 Å². The molecule has 0 aromatic carbocycles. The molecule has 0 heterocycles. The summed E-state index contributed by atoms with van der Waals surface area (Å²) in [5, 5.41) is 0. The number of phosphoric acid groups is 1. The quantitative estimate of drug-likeness (QED) is 0.566. The van der Waals surface area contributed by atoms with Gasteiger partial charge in [0.1, 0.15) is 6.61 Å². The van der Waals surface area contributed by atoms with Crippen molar-refractivity contribution < 1.29 is 40.8 Å². The van der Waals surface area contributed by atoms with E-state index in [1.165, 1.54) is 0 Å². The van der Waals surface area contributed by atoms with Gasteiger partial charge in [-0.05, 0) is 0 Å². The van der Waals surface area contributed by atoms with Crippen LogP contribution in [0.2, 0.25) is 0 Å². The average molecular weight is 230 g/mol. The smallest absolute Gasteiger partial charge is 0.303 e. The number of hydrogen-bond acceptors (Lipinski definition) is 2. The Hall–Kier alpha value is -0.240. The van der Waals surface area contributed by atoms with Crippen molar-refractivity contribution in [1.82, 2.24) is 0 Å². The highest BCUT2D eigenvalue weighted by Gasteiger charge is 2.58. The summed E-state index contributed by atoms with van der Waals surface area (Å²) in [7, 11) is -5.31. The molecule has 0 saturated carbocycles. The Morgan fingerprint density at radius 3 is 1.77 bits per heavy atom. The van der Waals surface area contributed by atoms with Gasteiger partial charge in [-0.15, -0.1) is 0 Å². The zero-order chi connectivity index (χ0) is 10.9. The molecule has 2 N–H and O–H groups in total. The van der Waals surface area contributed by atoms with Crippen LogP contribution in [0, 0.1) is 0 Å². The second kappa shape index (κ2) is 3.49. The Kier molecular flexibility index (Phi) is 3.42. The number of hydrogen-bond donors (Lipinski definition) is 2. The number of rotatable bonds is 3. The van der Waals surface area contributed by atoms with Gasteiger partial charge in [-0.1, -0.05) is 0 Å². The molecule has 0 radical (unpaired) electrons. The van der Waals surface area contributed by atoms with Crippen LogP contribution in [0.4, 0.5) is 22.0 Å². The summed E-state index contributed by atoms with van der Waals surface area (Å²) in [5.41, 5.74) is 0. The molecule has 0 aliphatic carbocycles. The maximum atomic E-state index is 11.9.